The van der Waals surface area contributed by atoms with Crippen molar-refractivity contribution in [2.45, 2.75) is 17.9 Å². The van der Waals surface area contributed by atoms with Gasteiger partial charge in [-0.15, -0.1) is 12.4 Å². The Morgan fingerprint density at radius 3 is 2.58 bits per heavy atom. The molecule has 1 fully saturated rings. The summed E-state index contributed by atoms with van der Waals surface area (Å²) in [6, 6.07) is 4.53. The van der Waals surface area contributed by atoms with Gasteiger partial charge in [-0.2, -0.15) is 4.31 Å². The topological polar surface area (TPSA) is 97.0 Å². The van der Waals surface area contributed by atoms with Gasteiger partial charge in [-0.25, -0.2) is 8.42 Å². The summed E-state index contributed by atoms with van der Waals surface area (Å²) in [6.07, 6.45) is 0. The van der Waals surface area contributed by atoms with Gasteiger partial charge >= 0.3 is 0 Å². The fraction of sp³-hybridized carbons (Fsp3) is 0.562. The van der Waals surface area contributed by atoms with Crippen LogP contribution >= 0.6 is 12.4 Å². The molecule has 2 rings (SSSR count). The molecule has 0 bridgehead atoms. The summed E-state index contributed by atoms with van der Waals surface area (Å²) < 4.78 is 37.6. The van der Waals surface area contributed by atoms with Crippen LogP contribution in [0.15, 0.2) is 23.1 Å². The molecule has 148 valence electrons. The highest BCUT2D eigenvalue weighted by atomic mass is 35.5. The molecule has 1 aliphatic rings. The first-order valence-corrected chi connectivity index (χ1v) is 9.55. The lowest BCUT2D eigenvalue weighted by Crippen LogP contribution is -2.41. The maximum Gasteiger partial charge on any atom is 0.251 e. The van der Waals surface area contributed by atoms with E-state index in [-0.39, 0.29) is 53.7 Å². The van der Waals surface area contributed by atoms with E-state index in [4.69, 9.17) is 9.47 Å². The zero-order valence-electron chi connectivity index (χ0n) is 15.1. The van der Waals surface area contributed by atoms with E-state index in [1.165, 1.54) is 23.5 Å². The number of likely N-dealkylation sites (N-methyl/N-ethyl adjacent to an activating group) is 1. The van der Waals surface area contributed by atoms with Gasteiger partial charge in [0.25, 0.3) is 5.91 Å². The number of benzene rings is 1. The van der Waals surface area contributed by atoms with Gasteiger partial charge in [0.15, 0.2) is 0 Å². The van der Waals surface area contributed by atoms with Crippen molar-refractivity contribution in [3.63, 3.8) is 0 Å². The molecule has 0 aromatic heterocycles. The van der Waals surface area contributed by atoms with Crippen molar-refractivity contribution in [1.29, 1.82) is 0 Å². The second-order valence-electron chi connectivity index (χ2n) is 5.78. The average Bonchev–Trinajstić information content (AvgIpc) is 2.65. The smallest absolute Gasteiger partial charge is 0.251 e. The molecule has 1 aliphatic heterocycles. The summed E-state index contributed by atoms with van der Waals surface area (Å²) in [4.78, 5) is 12.3. The van der Waals surface area contributed by atoms with Crippen LogP contribution in [0.25, 0.3) is 0 Å². The number of ether oxygens (including phenoxy) is 2. The first-order valence-electron chi connectivity index (χ1n) is 8.11. The minimum atomic E-state index is -3.76. The zero-order chi connectivity index (χ0) is 18.4. The van der Waals surface area contributed by atoms with Gasteiger partial charge in [0.1, 0.15) is 10.6 Å². The number of amides is 1. The molecule has 26 heavy (non-hydrogen) atoms. The number of hydrogen-bond acceptors (Lipinski definition) is 6. The molecule has 1 saturated heterocycles. The Balaban J connectivity index is 0.00000338. The Labute approximate surface area is 160 Å². The number of carbonyl (C=O) groups excluding carboxylic acids is 1. The summed E-state index contributed by atoms with van der Waals surface area (Å²) in [7, 11) is -0.553. The number of halogens is 1. The lowest BCUT2D eigenvalue weighted by Gasteiger charge is -2.26. The molecule has 1 amide bonds. The Morgan fingerprint density at radius 1 is 1.35 bits per heavy atom. The lowest BCUT2D eigenvalue weighted by molar-refractivity contribution is 0.0729. The molecule has 0 saturated carbocycles. The van der Waals surface area contributed by atoms with E-state index < -0.39 is 10.0 Å². The van der Waals surface area contributed by atoms with Gasteiger partial charge in [-0.3, -0.25) is 4.79 Å². The van der Waals surface area contributed by atoms with Crippen LogP contribution in [0, 0.1) is 0 Å². The van der Waals surface area contributed by atoms with Gasteiger partial charge in [-0.05, 0) is 32.2 Å². The van der Waals surface area contributed by atoms with Crippen LogP contribution in [0.5, 0.6) is 5.75 Å². The highest BCUT2D eigenvalue weighted by molar-refractivity contribution is 7.89. The van der Waals surface area contributed by atoms with Crippen molar-refractivity contribution < 1.29 is 22.7 Å². The summed E-state index contributed by atoms with van der Waals surface area (Å²) in [5.41, 5.74) is 0.274. The zero-order valence-corrected chi connectivity index (χ0v) is 16.8. The van der Waals surface area contributed by atoms with E-state index in [9.17, 15) is 13.2 Å². The number of methoxy groups -OCH3 is 1. The van der Waals surface area contributed by atoms with Gasteiger partial charge < -0.3 is 20.1 Å². The van der Waals surface area contributed by atoms with Crippen molar-refractivity contribution in [3.8, 4) is 5.75 Å². The molecule has 0 radical (unpaired) electrons. The molecular weight excluding hydrogens is 382 g/mol. The molecule has 1 aromatic rings. The van der Waals surface area contributed by atoms with Crippen LogP contribution in [0.4, 0.5) is 0 Å². The number of rotatable bonds is 7. The number of sulfonamides is 1. The monoisotopic (exact) mass is 407 g/mol. The van der Waals surface area contributed by atoms with Crippen molar-refractivity contribution in [1.82, 2.24) is 14.9 Å². The molecule has 0 aliphatic carbocycles. The maximum atomic E-state index is 12.9. The van der Waals surface area contributed by atoms with Gasteiger partial charge in [0, 0.05) is 31.2 Å². The predicted octanol–water partition coefficient (Wildman–Crippen LogP) is 0.476. The summed E-state index contributed by atoms with van der Waals surface area (Å²) in [6.45, 7) is 3.63. The normalized spacial score (nSPS) is 16.4. The maximum absolute atomic E-state index is 12.9. The molecule has 0 spiro atoms. The number of hydrogen-bond donors (Lipinski definition) is 2. The standard InChI is InChI=1S/C16H25N3O5S.ClH/c1-12(17-2)11-18-16(20)13-4-5-14(23-3)15(10-13)25(21,22)19-6-8-24-9-7-19;/h4-5,10,12,17H,6-9,11H2,1-3H3,(H,18,20);1H. The SMILES string of the molecule is CNC(C)CNC(=O)c1ccc(OC)c(S(=O)(=O)N2CCOCC2)c1.Cl. The Hall–Kier alpha value is -1.39. The fourth-order valence-corrected chi connectivity index (χ4v) is 3.98. The minimum absolute atomic E-state index is 0. The van der Waals surface area contributed by atoms with Gasteiger partial charge in [-0.1, -0.05) is 0 Å². The van der Waals surface area contributed by atoms with Crippen LogP contribution in [0.3, 0.4) is 0 Å². The number of nitrogens with one attached hydrogen (secondary N) is 2. The molecule has 1 heterocycles. The summed E-state index contributed by atoms with van der Waals surface area (Å²) >= 11 is 0. The highest BCUT2D eigenvalue weighted by Gasteiger charge is 2.30. The van der Waals surface area contributed by atoms with E-state index in [0.717, 1.165) is 0 Å². The van der Waals surface area contributed by atoms with Gasteiger partial charge in [0.2, 0.25) is 10.0 Å². The minimum Gasteiger partial charge on any atom is -0.495 e. The van der Waals surface area contributed by atoms with Crippen molar-refractivity contribution in [2.75, 3.05) is 47.0 Å². The largest absolute Gasteiger partial charge is 0.495 e. The van der Waals surface area contributed by atoms with Crippen LogP contribution in [-0.2, 0) is 14.8 Å². The molecular formula is C16H26ClN3O5S. The van der Waals surface area contributed by atoms with Crippen molar-refractivity contribution >= 4 is 28.3 Å². The van der Waals surface area contributed by atoms with Crippen molar-refractivity contribution in [3.05, 3.63) is 23.8 Å². The quantitative estimate of drug-likeness (QED) is 0.682. The number of nitrogens with zero attached hydrogens (tertiary/aromatic N) is 1. The first kappa shape index (κ1) is 22.7. The Kier molecular flexibility index (Phi) is 8.78. The third-order valence-corrected chi connectivity index (χ3v) is 6.00. The fourth-order valence-electron chi connectivity index (χ4n) is 2.40. The molecule has 1 atom stereocenters. The van der Waals surface area contributed by atoms with Crippen LogP contribution in [0.2, 0.25) is 0 Å². The van der Waals surface area contributed by atoms with E-state index in [0.29, 0.717) is 19.8 Å². The highest BCUT2D eigenvalue weighted by Crippen LogP contribution is 2.28. The van der Waals surface area contributed by atoms with Gasteiger partial charge in [0.05, 0.1) is 20.3 Å². The molecule has 10 heteroatoms. The van der Waals surface area contributed by atoms with Crippen LogP contribution in [-0.4, -0.2) is 71.7 Å². The number of morpholine rings is 1. The molecule has 8 nitrogen and oxygen atoms in total. The average molecular weight is 408 g/mol. The predicted molar refractivity (Wildman–Crippen MR) is 101 cm³/mol. The molecule has 2 N–H and O–H groups in total. The Bertz CT molecular complexity index is 708. The summed E-state index contributed by atoms with van der Waals surface area (Å²) in [5.74, 6) is -0.116. The first-order chi connectivity index (χ1) is 11.9. The van der Waals surface area contributed by atoms with E-state index >= 15 is 0 Å². The second-order valence-corrected chi connectivity index (χ2v) is 7.69. The van der Waals surface area contributed by atoms with E-state index in [2.05, 4.69) is 10.6 Å². The van der Waals surface area contributed by atoms with Crippen LogP contribution in [0.1, 0.15) is 17.3 Å². The molecule has 1 unspecified atom stereocenters. The summed E-state index contributed by atoms with van der Waals surface area (Å²) in [5, 5.41) is 5.79. The second kappa shape index (κ2) is 10.1. The Morgan fingerprint density at radius 2 is 2.00 bits per heavy atom. The van der Waals surface area contributed by atoms with E-state index in [1.807, 2.05) is 6.92 Å². The molecule has 1 aromatic carbocycles. The number of carbonyl (C=O) groups is 1. The van der Waals surface area contributed by atoms with Crippen LogP contribution < -0.4 is 15.4 Å². The third-order valence-electron chi connectivity index (χ3n) is 4.08. The lowest BCUT2D eigenvalue weighted by atomic mass is 10.2. The third kappa shape index (κ3) is 5.31. The van der Waals surface area contributed by atoms with E-state index in [1.54, 1.807) is 13.1 Å². The van der Waals surface area contributed by atoms with Crippen molar-refractivity contribution in [2.24, 2.45) is 0 Å².